The Morgan fingerprint density at radius 2 is 2.53 bits per heavy atom. The number of esters is 1. The molecule has 1 rings (SSSR count). The summed E-state index contributed by atoms with van der Waals surface area (Å²) >= 11 is 1.92. The first-order valence-corrected chi connectivity index (χ1v) is 6.43. The molecule has 1 heterocycles. The Kier molecular flexibility index (Phi) is 5.79. The van der Waals surface area contributed by atoms with Crippen LogP contribution in [0.4, 0.5) is 0 Å². The molecule has 0 spiro atoms. The summed E-state index contributed by atoms with van der Waals surface area (Å²) in [4.78, 5) is 13.6. The Labute approximate surface area is 95.9 Å². The van der Waals surface area contributed by atoms with Gasteiger partial charge in [0.1, 0.15) is 0 Å². The van der Waals surface area contributed by atoms with Gasteiger partial charge in [0, 0.05) is 30.6 Å². The van der Waals surface area contributed by atoms with Gasteiger partial charge in [0.15, 0.2) is 0 Å². The molecule has 0 unspecified atom stereocenters. The topological polar surface area (TPSA) is 29.5 Å². The fraction of sp³-hybridized carbons (Fsp3) is 0.727. The molecule has 0 radical (unpaired) electrons. The maximum Gasteiger partial charge on any atom is 0.307 e. The summed E-state index contributed by atoms with van der Waals surface area (Å²) in [6.45, 7) is 5.80. The predicted molar refractivity (Wildman–Crippen MR) is 64.1 cm³/mol. The highest BCUT2D eigenvalue weighted by molar-refractivity contribution is 7.99. The molecule has 1 aliphatic rings. The zero-order valence-electron chi connectivity index (χ0n) is 9.28. The van der Waals surface area contributed by atoms with Crippen LogP contribution in [0.15, 0.2) is 12.7 Å². The normalized spacial score (nSPS) is 22.3. The number of nitrogens with zero attached hydrogens (tertiary/aromatic N) is 1. The van der Waals surface area contributed by atoms with Gasteiger partial charge in [-0.15, -0.1) is 6.58 Å². The average molecular weight is 229 g/mol. The van der Waals surface area contributed by atoms with Crippen LogP contribution in [-0.2, 0) is 9.53 Å². The molecule has 0 N–H and O–H groups in total. The van der Waals surface area contributed by atoms with E-state index in [0.29, 0.717) is 12.5 Å². The molecular weight excluding hydrogens is 210 g/mol. The van der Waals surface area contributed by atoms with Crippen molar-refractivity contribution in [2.45, 2.75) is 18.9 Å². The van der Waals surface area contributed by atoms with E-state index in [-0.39, 0.29) is 5.97 Å². The molecule has 0 aromatic heterocycles. The fourth-order valence-corrected chi connectivity index (χ4v) is 2.84. The first-order chi connectivity index (χ1) is 7.27. The van der Waals surface area contributed by atoms with Crippen molar-refractivity contribution in [2.24, 2.45) is 0 Å². The summed E-state index contributed by atoms with van der Waals surface area (Å²) in [6.07, 6.45) is 3.43. The predicted octanol–water partition coefficient (Wildman–Crippen LogP) is 1.54. The zero-order chi connectivity index (χ0) is 11.1. The number of ether oxygens (including phenoxy) is 1. The molecule has 86 valence electrons. The minimum Gasteiger partial charge on any atom is -0.469 e. The third-order valence-corrected chi connectivity index (χ3v) is 3.69. The van der Waals surface area contributed by atoms with E-state index < -0.39 is 0 Å². The summed E-state index contributed by atoms with van der Waals surface area (Å²) in [5.41, 5.74) is 0. The van der Waals surface area contributed by atoms with E-state index in [1.165, 1.54) is 7.11 Å². The Morgan fingerprint density at radius 1 is 1.73 bits per heavy atom. The third-order valence-electron chi connectivity index (χ3n) is 2.60. The van der Waals surface area contributed by atoms with Gasteiger partial charge in [-0.2, -0.15) is 11.8 Å². The highest BCUT2D eigenvalue weighted by atomic mass is 32.2. The molecule has 1 atom stereocenters. The molecule has 1 fully saturated rings. The summed E-state index contributed by atoms with van der Waals surface area (Å²) < 4.78 is 4.71. The number of methoxy groups -OCH3 is 1. The van der Waals surface area contributed by atoms with Gasteiger partial charge >= 0.3 is 5.97 Å². The van der Waals surface area contributed by atoms with Gasteiger partial charge in [0.05, 0.1) is 13.5 Å². The van der Waals surface area contributed by atoms with Gasteiger partial charge in [-0.05, 0) is 6.42 Å². The zero-order valence-corrected chi connectivity index (χ0v) is 10.1. The molecule has 1 aliphatic heterocycles. The molecule has 15 heavy (non-hydrogen) atoms. The second-order valence-electron chi connectivity index (χ2n) is 3.62. The Hall–Kier alpha value is -0.480. The average Bonchev–Trinajstić information content (AvgIpc) is 2.28. The van der Waals surface area contributed by atoms with Gasteiger partial charge in [-0.25, -0.2) is 0 Å². The van der Waals surface area contributed by atoms with Crippen molar-refractivity contribution in [3.05, 3.63) is 12.7 Å². The number of hydrogen-bond donors (Lipinski definition) is 0. The van der Waals surface area contributed by atoms with Crippen LogP contribution in [-0.4, -0.2) is 48.6 Å². The highest BCUT2D eigenvalue weighted by Gasteiger charge is 2.24. The van der Waals surface area contributed by atoms with E-state index in [0.717, 1.165) is 31.0 Å². The fourth-order valence-electron chi connectivity index (χ4n) is 1.70. The van der Waals surface area contributed by atoms with Crippen LogP contribution in [0.25, 0.3) is 0 Å². The SMILES string of the molecule is C=CCCN1CCSC[C@H]1CC(=O)OC. The van der Waals surface area contributed by atoms with Gasteiger partial charge in [-0.1, -0.05) is 6.08 Å². The van der Waals surface area contributed by atoms with E-state index in [4.69, 9.17) is 4.74 Å². The number of carbonyl (C=O) groups is 1. The molecule has 0 aliphatic carbocycles. The monoisotopic (exact) mass is 229 g/mol. The second-order valence-corrected chi connectivity index (χ2v) is 4.77. The number of thioether (sulfide) groups is 1. The quantitative estimate of drug-likeness (QED) is 0.528. The van der Waals surface area contributed by atoms with Crippen LogP contribution in [0.5, 0.6) is 0 Å². The number of carbonyl (C=O) groups excluding carboxylic acids is 1. The summed E-state index contributed by atoms with van der Waals surface area (Å²) in [7, 11) is 1.45. The Morgan fingerprint density at radius 3 is 3.20 bits per heavy atom. The first kappa shape index (κ1) is 12.6. The molecular formula is C11H19NO2S. The lowest BCUT2D eigenvalue weighted by Gasteiger charge is -2.34. The highest BCUT2D eigenvalue weighted by Crippen LogP contribution is 2.19. The van der Waals surface area contributed by atoms with E-state index in [2.05, 4.69) is 11.5 Å². The smallest absolute Gasteiger partial charge is 0.307 e. The summed E-state index contributed by atoms with van der Waals surface area (Å²) in [6, 6.07) is 0.344. The van der Waals surface area contributed by atoms with Crippen LogP contribution in [0.3, 0.4) is 0 Å². The lowest BCUT2D eigenvalue weighted by Crippen LogP contribution is -2.44. The van der Waals surface area contributed by atoms with Crippen LogP contribution in [0, 0.1) is 0 Å². The standard InChI is InChI=1S/C11H19NO2S/c1-3-4-5-12-6-7-15-9-10(12)8-11(13)14-2/h3,10H,1,4-9H2,2H3/t10-/m1/s1. The Bertz CT molecular complexity index is 221. The largest absolute Gasteiger partial charge is 0.469 e. The number of hydrogen-bond acceptors (Lipinski definition) is 4. The van der Waals surface area contributed by atoms with Gasteiger partial charge in [-0.3, -0.25) is 9.69 Å². The van der Waals surface area contributed by atoms with Crippen molar-refractivity contribution in [1.82, 2.24) is 4.90 Å². The second kappa shape index (κ2) is 6.90. The van der Waals surface area contributed by atoms with Gasteiger partial charge in [0.2, 0.25) is 0 Å². The van der Waals surface area contributed by atoms with Gasteiger partial charge < -0.3 is 4.74 Å². The van der Waals surface area contributed by atoms with Crippen molar-refractivity contribution < 1.29 is 9.53 Å². The molecule has 0 aromatic carbocycles. The van der Waals surface area contributed by atoms with Crippen molar-refractivity contribution in [1.29, 1.82) is 0 Å². The van der Waals surface area contributed by atoms with Crippen LogP contribution in [0.1, 0.15) is 12.8 Å². The van der Waals surface area contributed by atoms with E-state index in [9.17, 15) is 4.79 Å². The molecule has 3 nitrogen and oxygen atoms in total. The molecule has 0 amide bonds. The van der Waals surface area contributed by atoms with E-state index in [1.807, 2.05) is 17.8 Å². The van der Waals surface area contributed by atoms with E-state index in [1.54, 1.807) is 0 Å². The van der Waals surface area contributed by atoms with Crippen LogP contribution >= 0.6 is 11.8 Å². The van der Waals surface area contributed by atoms with Crippen molar-refractivity contribution in [3.8, 4) is 0 Å². The van der Waals surface area contributed by atoms with Crippen molar-refractivity contribution in [3.63, 3.8) is 0 Å². The maximum absolute atomic E-state index is 11.2. The van der Waals surface area contributed by atoms with E-state index >= 15 is 0 Å². The minimum atomic E-state index is -0.105. The first-order valence-electron chi connectivity index (χ1n) is 5.27. The molecule has 0 saturated carbocycles. The van der Waals surface area contributed by atoms with Gasteiger partial charge in [0.25, 0.3) is 0 Å². The van der Waals surface area contributed by atoms with Crippen LogP contribution in [0.2, 0.25) is 0 Å². The maximum atomic E-state index is 11.2. The Balaban J connectivity index is 2.41. The molecule has 0 bridgehead atoms. The number of rotatable bonds is 5. The van der Waals surface area contributed by atoms with Crippen LogP contribution < -0.4 is 0 Å². The van der Waals surface area contributed by atoms with Crippen molar-refractivity contribution >= 4 is 17.7 Å². The molecule has 4 heteroatoms. The lowest BCUT2D eigenvalue weighted by atomic mass is 10.2. The molecule has 0 aromatic rings. The summed E-state index contributed by atoms with van der Waals surface area (Å²) in [5.74, 6) is 2.09. The molecule has 1 saturated heterocycles. The summed E-state index contributed by atoms with van der Waals surface area (Å²) in [5, 5.41) is 0. The third kappa shape index (κ3) is 4.26. The lowest BCUT2D eigenvalue weighted by molar-refractivity contribution is -0.141. The van der Waals surface area contributed by atoms with Crippen molar-refractivity contribution in [2.75, 3.05) is 31.7 Å². The minimum absolute atomic E-state index is 0.105.